The largest absolute Gasteiger partial charge is 0.363 e. The summed E-state index contributed by atoms with van der Waals surface area (Å²) in [4.78, 5) is 3.56. The maximum absolute atomic E-state index is 8.77. The second-order valence-electron chi connectivity index (χ2n) is 5.12. The van der Waals surface area contributed by atoms with E-state index in [0.717, 1.165) is 10.4 Å². The van der Waals surface area contributed by atoms with E-state index < -0.39 is 0 Å². The van der Waals surface area contributed by atoms with Crippen molar-refractivity contribution in [3.63, 3.8) is 0 Å². The van der Waals surface area contributed by atoms with Gasteiger partial charge >= 0.3 is 0 Å². The van der Waals surface area contributed by atoms with E-state index in [2.05, 4.69) is 34.9 Å². The SMILES string of the molecule is N#Cc1ccc(C#Cc2ccc(N3CCCCC3)s2)cc1. The van der Waals surface area contributed by atoms with E-state index in [0.29, 0.717) is 5.56 Å². The normalized spacial score (nSPS) is 14.1. The molecule has 0 unspecified atom stereocenters. The van der Waals surface area contributed by atoms with E-state index in [-0.39, 0.29) is 0 Å². The van der Waals surface area contributed by atoms with Gasteiger partial charge < -0.3 is 4.90 Å². The summed E-state index contributed by atoms with van der Waals surface area (Å²) in [7, 11) is 0. The van der Waals surface area contributed by atoms with E-state index >= 15 is 0 Å². The van der Waals surface area contributed by atoms with Gasteiger partial charge in [-0.2, -0.15) is 5.26 Å². The molecule has 3 heteroatoms. The number of anilines is 1. The molecular formula is C18H16N2S. The fourth-order valence-electron chi connectivity index (χ4n) is 2.44. The van der Waals surface area contributed by atoms with E-state index in [4.69, 9.17) is 5.26 Å². The number of hydrogen-bond acceptors (Lipinski definition) is 3. The average molecular weight is 292 g/mol. The first-order valence-electron chi connectivity index (χ1n) is 7.22. The van der Waals surface area contributed by atoms with Crippen LogP contribution in [-0.2, 0) is 0 Å². The Morgan fingerprint density at radius 1 is 0.857 bits per heavy atom. The number of nitrogens with zero attached hydrogens (tertiary/aromatic N) is 2. The van der Waals surface area contributed by atoms with Gasteiger partial charge in [-0.05, 0) is 55.7 Å². The highest BCUT2D eigenvalue weighted by molar-refractivity contribution is 7.16. The molecular weight excluding hydrogens is 276 g/mol. The molecule has 2 heterocycles. The van der Waals surface area contributed by atoms with Crippen LogP contribution in [0.3, 0.4) is 0 Å². The zero-order chi connectivity index (χ0) is 14.5. The van der Waals surface area contributed by atoms with Crippen LogP contribution >= 0.6 is 11.3 Å². The molecule has 0 aliphatic carbocycles. The first-order chi connectivity index (χ1) is 10.3. The van der Waals surface area contributed by atoms with Crippen molar-refractivity contribution < 1.29 is 0 Å². The average Bonchev–Trinajstić information content (AvgIpc) is 3.03. The van der Waals surface area contributed by atoms with Gasteiger partial charge in [-0.15, -0.1) is 11.3 Å². The summed E-state index contributed by atoms with van der Waals surface area (Å²) in [6, 6.07) is 13.8. The van der Waals surface area contributed by atoms with Crippen LogP contribution in [-0.4, -0.2) is 13.1 Å². The van der Waals surface area contributed by atoms with Crippen molar-refractivity contribution in [3.05, 3.63) is 52.4 Å². The molecule has 0 spiro atoms. The minimum Gasteiger partial charge on any atom is -0.363 e. The van der Waals surface area contributed by atoms with Gasteiger partial charge in [0.15, 0.2) is 0 Å². The third-order valence-electron chi connectivity index (χ3n) is 3.60. The van der Waals surface area contributed by atoms with E-state index in [9.17, 15) is 0 Å². The Labute approximate surface area is 129 Å². The predicted octanol–water partition coefficient (Wildman–Crippen LogP) is 4.01. The standard InChI is InChI=1S/C18H16N2S/c19-14-16-6-4-15(5-7-16)8-9-17-10-11-18(21-17)20-12-2-1-3-13-20/h4-7,10-11H,1-3,12-13H2. The number of benzene rings is 1. The van der Waals surface area contributed by atoms with Gasteiger partial charge in [-0.1, -0.05) is 11.8 Å². The van der Waals surface area contributed by atoms with Crippen molar-refractivity contribution in [3.8, 4) is 17.9 Å². The number of piperidine rings is 1. The van der Waals surface area contributed by atoms with Crippen molar-refractivity contribution in [1.29, 1.82) is 5.26 Å². The smallest absolute Gasteiger partial charge is 0.0991 e. The summed E-state index contributed by atoms with van der Waals surface area (Å²) in [5.74, 6) is 6.38. The highest BCUT2D eigenvalue weighted by Crippen LogP contribution is 2.28. The molecule has 104 valence electrons. The number of thiophene rings is 1. The summed E-state index contributed by atoms with van der Waals surface area (Å²) in [6.45, 7) is 2.34. The van der Waals surface area contributed by atoms with E-state index in [1.165, 1.54) is 37.4 Å². The molecule has 1 aromatic heterocycles. The number of rotatable bonds is 1. The predicted molar refractivity (Wildman–Crippen MR) is 87.5 cm³/mol. The van der Waals surface area contributed by atoms with Crippen LogP contribution in [0.25, 0.3) is 0 Å². The number of hydrogen-bond donors (Lipinski definition) is 0. The van der Waals surface area contributed by atoms with Crippen molar-refractivity contribution >= 4 is 16.3 Å². The Morgan fingerprint density at radius 2 is 1.57 bits per heavy atom. The molecule has 0 amide bonds. The summed E-state index contributed by atoms with van der Waals surface area (Å²) >= 11 is 1.77. The van der Waals surface area contributed by atoms with Gasteiger partial charge in [0.2, 0.25) is 0 Å². The van der Waals surface area contributed by atoms with Gasteiger partial charge in [0.25, 0.3) is 0 Å². The maximum atomic E-state index is 8.77. The summed E-state index contributed by atoms with van der Waals surface area (Å²) in [5.41, 5.74) is 1.62. The van der Waals surface area contributed by atoms with Crippen LogP contribution in [0.4, 0.5) is 5.00 Å². The van der Waals surface area contributed by atoms with Gasteiger partial charge in [-0.3, -0.25) is 0 Å². The van der Waals surface area contributed by atoms with Crippen molar-refractivity contribution in [2.75, 3.05) is 18.0 Å². The third-order valence-corrected chi connectivity index (χ3v) is 4.67. The summed E-state index contributed by atoms with van der Waals surface area (Å²) in [6.07, 6.45) is 3.95. The molecule has 1 fully saturated rings. The molecule has 2 nitrogen and oxygen atoms in total. The molecule has 0 atom stereocenters. The fraction of sp³-hybridized carbons (Fsp3) is 0.278. The van der Waals surface area contributed by atoms with E-state index in [1.54, 1.807) is 23.5 Å². The van der Waals surface area contributed by atoms with Gasteiger partial charge in [0.1, 0.15) is 0 Å². The van der Waals surface area contributed by atoms with Crippen LogP contribution in [0.2, 0.25) is 0 Å². The fourth-order valence-corrected chi connectivity index (χ4v) is 3.35. The maximum Gasteiger partial charge on any atom is 0.0991 e. The molecule has 0 radical (unpaired) electrons. The Morgan fingerprint density at radius 3 is 2.29 bits per heavy atom. The molecule has 2 aromatic rings. The zero-order valence-corrected chi connectivity index (χ0v) is 12.6. The van der Waals surface area contributed by atoms with Crippen LogP contribution in [0, 0.1) is 23.2 Å². The van der Waals surface area contributed by atoms with Gasteiger partial charge in [0.05, 0.1) is 21.5 Å². The lowest BCUT2D eigenvalue weighted by atomic mass is 10.1. The summed E-state index contributed by atoms with van der Waals surface area (Å²) < 4.78 is 0. The monoisotopic (exact) mass is 292 g/mol. The first-order valence-corrected chi connectivity index (χ1v) is 8.04. The Kier molecular flexibility index (Phi) is 4.24. The molecule has 0 saturated carbocycles. The van der Waals surface area contributed by atoms with Crippen LogP contribution < -0.4 is 4.90 Å². The topological polar surface area (TPSA) is 27.0 Å². The molecule has 0 N–H and O–H groups in total. The highest BCUT2D eigenvalue weighted by atomic mass is 32.1. The highest BCUT2D eigenvalue weighted by Gasteiger charge is 2.12. The minimum absolute atomic E-state index is 0.670. The quantitative estimate of drug-likeness (QED) is 0.743. The van der Waals surface area contributed by atoms with Crippen molar-refractivity contribution in [2.45, 2.75) is 19.3 Å². The Bertz CT molecular complexity index is 704. The lowest BCUT2D eigenvalue weighted by molar-refractivity contribution is 0.580. The molecule has 3 rings (SSSR count). The third kappa shape index (κ3) is 3.45. The van der Waals surface area contributed by atoms with E-state index in [1.807, 2.05) is 12.1 Å². The minimum atomic E-state index is 0.670. The van der Waals surface area contributed by atoms with Crippen LogP contribution in [0.15, 0.2) is 36.4 Å². The van der Waals surface area contributed by atoms with Gasteiger partial charge in [0, 0.05) is 18.7 Å². The molecule has 0 bridgehead atoms. The molecule has 1 saturated heterocycles. The first kappa shape index (κ1) is 13.7. The number of nitriles is 1. The second-order valence-corrected chi connectivity index (χ2v) is 6.19. The lowest BCUT2D eigenvalue weighted by Crippen LogP contribution is -2.28. The molecule has 1 aliphatic rings. The van der Waals surface area contributed by atoms with Gasteiger partial charge in [-0.25, -0.2) is 0 Å². The van der Waals surface area contributed by atoms with Crippen molar-refractivity contribution in [1.82, 2.24) is 0 Å². The van der Waals surface area contributed by atoms with Crippen LogP contribution in [0.1, 0.15) is 35.3 Å². The Hall–Kier alpha value is -2.23. The second kappa shape index (κ2) is 6.48. The molecule has 21 heavy (non-hydrogen) atoms. The van der Waals surface area contributed by atoms with Crippen LogP contribution in [0.5, 0.6) is 0 Å². The van der Waals surface area contributed by atoms with Crippen molar-refractivity contribution in [2.24, 2.45) is 0 Å². The zero-order valence-electron chi connectivity index (χ0n) is 11.8. The summed E-state index contributed by atoms with van der Waals surface area (Å²) in [5, 5.41) is 10.1. The molecule has 1 aliphatic heterocycles. The molecule has 1 aromatic carbocycles. The Balaban J connectivity index is 1.72. The lowest BCUT2D eigenvalue weighted by Gasteiger charge is -2.26.